The third kappa shape index (κ3) is 1.93. The normalized spacial score (nSPS) is 11.5. The molecule has 0 bridgehead atoms. The Hall–Kier alpha value is -2.25. The van der Waals surface area contributed by atoms with E-state index >= 15 is 0 Å². The van der Waals surface area contributed by atoms with Gasteiger partial charge in [-0.25, -0.2) is 14.2 Å². The van der Waals surface area contributed by atoms with Crippen LogP contribution in [0.25, 0.3) is 31.1 Å². The minimum Gasteiger partial charge on any atom is -0.478 e. The summed E-state index contributed by atoms with van der Waals surface area (Å²) in [5.74, 6) is -1.22. The molecule has 0 aliphatic rings. The molecule has 0 atom stereocenters. The summed E-state index contributed by atoms with van der Waals surface area (Å²) in [6.45, 7) is 0. The molecule has 0 aliphatic carbocycles. The Morgan fingerprint density at radius 1 is 1.29 bits per heavy atom. The van der Waals surface area contributed by atoms with Gasteiger partial charge in [0.05, 0.1) is 16.0 Å². The molecule has 0 aliphatic heterocycles. The Labute approximate surface area is 125 Å². The van der Waals surface area contributed by atoms with E-state index in [-0.39, 0.29) is 11.1 Å². The first-order chi connectivity index (χ1) is 10.1. The molecule has 0 unspecified atom stereocenters. The third-order valence-electron chi connectivity index (χ3n) is 3.15. The maximum Gasteiger partial charge on any atom is 0.338 e. The zero-order valence-electron chi connectivity index (χ0n) is 10.4. The van der Waals surface area contributed by atoms with Crippen molar-refractivity contribution in [3.8, 4) is 10.7 Å². The molecule has 4 nitrogen and oxygen atoms in total. The highest BCUT2D eigenvalue weighted by Crippen LogP contribution is 2.36. The highest BCUT2D eigenvalue weighted by molar-refractivity contribution is 7.28. The minimum atomic E-state index is -1.19. The molecule has 0 fully saturated rings. The van der Waals surface area contributed by atoms with E-state index in [0.29, 0.717) is 11.3 Å². The van der Waals surface area contributed by atoms with Crippen LogP contribution >= 0.6 is 22.7 Å². The van der Waals surface area contributed by atoms with Crippen LogP contribution in [0.2, 0.25) is 0 Å². The highest BCUT2D eigenvalue weighted by Gasteiger charge is 2.16. The predicted molar refractivity (Wildman–Crippen MR) is 81.7 cm³/mol. The summed E-state index contributed by atoms with van der Waals surface area (Å²) in [7, 11) is 0. The van der Waals surface area contributed by atoms with Gasteiger partial charge in [-0.05, 0) is 29.6 Å². The molecule has 21 heavy (non-hydrogen) atoms. The van der Waals surface area contributed by atoms with E-state index in [2.05, 4.69) is 9.97 Å². The van der Waals surface area contributed by atoms with Crippen molar-refractivity contribution in [1.29, 1.82) is 0 Å². The third-order valence-corrected chi connectivity index (χ3v) is 5.25. The fourth-order valence-electron chi connectivity index (χ4n) is 2.24. The van der Waals surface area contributed by atoms with Crippen molar-refractivity contribution >= 4 is 49.1 Å². The number of rotatable bonds is 2. The maximum atomic E-state index is 13.5. The van der Waals surface area contributed by atoms with E-state index in [0.717, 1.165) is 20.3 Å². The van der Waals surface area contributed by atoms with Crippen molar-refractivity contribution < 1.29 is 14.3 Å². The minimum absolute atomic E-state index is 0.133. The number of H-pyrrole nitrogens is 1. The number of aromatic amines is 1. The van der Waals surface area contributed by atoms with Gasteiger partial charge in [-0.1, -0.05) is 0 Å². The lowest BCUT2D eigenvalue weighted by Gasteiger charge is -1.95. The Balaban J connectivity index is 1.96. The number of aromatic carboxylic acids is 1. The molecule has 3 aromatic heterocycles. The average molecular weight is 318 g/mol. The van der Waals surface area contributed by atoms with Crippen LogP contribution in [0, 0.1) is 5.82 Å². The number of carboxylic acids is 1. The van der Waals surface area contributed by atoms with Gasteiger partial charge in [0, 0.05) is 9.40 Å². The fourth-order valence-corrected chi connectivity index (χ4v) is 4.30. The molecule has 1 aromatic carbocycles. The summed E-state index contributed by atoms with van der Waals surface area (Å²) in [5.41, 5.74) is 0.528. The second kappa shape index (κ2) is 4.37. The van der Waals surface area contributed by atoms with E-state index in [9.17, 15) is 9.18 Å². The van der Waals surface area contributed by atoms with E-state index in [1.165, 1.54) is 6.07 Å². The number of carbonyl (C=O) groups is 1. The lowest BCUT2D eigenvalue weighted by Crippen LogP contribution is -1.98. The first-order valence-corrected chi connectivity index (χ1v) is 7.71. The Morgan fingerprint density at radius 2 is 2.14 bits per heavy atom. The zero-order valence-corrected chi connectivity index (χ0v) is 12.0. The number of nitrogens with zero attached hydrogens (tertiary/aromatic N) is 1. The molecular formula is C14H7FN2O2S2. The number of carboxylic acid groups (broad SMARTS) is 1. The number of aromatic nitrogens is 2. The van der Waals surface area contributed by atoms with Crippen LogP contribution in [0.15, 0.2) is 29.6 Å². The summed E-state index contributed by atoms with van der Waals surface area (Å²) in [6, 6.07) is 6.27. The smallest absolute Gasteiger partial charge is 0.338 e. The summed E-state index contributed by atoms with van der Waals surface area (Å²) in [4.78, 5) is 19.4. The van der Waals surface area contributed by atoms with Crippen molar-refractivity contribution in [2.24, 2.45) is 0 Å². The predicted octanol–water partition coefficient (Wildman–Crippen LogP) is 4.34. The number of fused-ring (bicyclic) bond motifs is 2. The van der Waals surface area contributed by atoms with Crippen molar-refractivity contribution in [2.45, 2.75) is 0 Å². The average Bonchev–Trinajstić information content (AvgIpc) is 3.09. The van der Waals surface area contributed by atoms with Gasteiger partial charge in [0.25, 0.3) is 0 Å². The quantitative estimate of drug-likeness (QED) is 0.577. The second-order valence-electron chi connectivity index (χ2n) is 4.50. The van der Waals surface area contributed by atoms with E-state index in [1.54, 1.807) is 22.7 Å². The molecule has 104 valence electrons. The van der Waals surface area contributed by atoms with Crippen molar-refractivity contribution in [1.82, 2.24) is 9.97 Å². The zero-order chi connectivity index (χ0) is 14.6. The monoisotopic (exact) mass is 318 g/mol. The SMILES string of the molecule is O=C(O)c1cc(F)cc2[nH]c(-c3cc4sccc4s3)nc12. The number of halogens is 1. The molecule has 0 spiro atoms. The van der Waals surface area contributed by atoms with Crippen LogP contribution in [0.4, 0.5) is 4.39 Å². The van der Waals surface area contributed by atoms with Crippen LogP contribution in [-0.4, -0.2) is 21.0 Å². The maximum absolute atomic E-state index is 13.5. The van der Waals surface area contributed by atoms with Crippen LogP contribution in [0.5, 0.6) is 0 Å². The van der Waals surface area contributed by atoms with E-state index in [4.69, 9.17) is 5.11 Å². The summed E-state index contributed by atoms with van der Waals surface area (Å²) in [6.07, 6.45) is 0. The standard InChI is InChI=1S/C14H7FN2O2S2/c15-6-3-7(14(18)19)12-8(4-6)16-13(17-12)11-5-10-9(21-11)1-2-20-10/h1-5H,(H,16,17)(H,18,19). The number of thiophene rings is 2. The molecule has 0 saturated carbocycles. The first kappa shape index (κ1) is 12.5. The van der Waals surface area contributed by atoms with Gasteiger partial charge in [0.15, 0.2) is 0 Å². The first-order valence-electron chi connectivity index (χ1n) is 6.02. The molecule has 2 N–H and O–H groups in total. The Bertz CT molecular complexity index is 971. The Morgan fingerprint density at radius 3 is 2.90 bits per heavy atom. The molecule has 4 rings (SSSR count). The molecule has 0 saturated heterocycles. The highest BCUT2D eigenvalue weighted by atomic mass is 32.1. The molecule has 7 heteroatoms. The van der Waals surface area contributed by atoms with Crippen molar-refractivity contribution in [3.63, 3.8) is 0 Å². The molecule has 3 heterocycles. The van der Waals surface area contributed by atoms with Crippen molar-refractivity contribution in [2.75, 3.05) is 0 Å². The lowest BCUT2D eigenvalue weighted by atomic mass is 10.2. The lowest BCUT2D eigenvalue weighted by molar-refractivity contribution is 0.0698. The van der Waals surface area contributed by atoms with Crippen LogP contribution in [-0.2, 0) is 0 Å². The summed E-state index contributed by atoms with van der Waals surface area (Å²) in [5, 5.41) is 11.2. The van der Waals surface area contributed by atoms with Crippen molar-refractivity contribution in [3.05, 3.63) is 41.0 Å². The number of benzene rings is 1. The fraction of sp³-hybridized carbons (Fsp3) is 0. The van der Waals surface area contributed by atoms with Gasteiger partial charge in [-0.15, -0.1) is 22.7 Å². The van der Waals surface area contributed by atoms with Gasteiger partial charge in [0.1, 0.15) is 17.2 Å². The summed E-state index contributed by atoms with van der Waals surface area (Å²) < 4.78 is 15.8. The van der Waals surface area contributed by atoms with Crippen LogP contribution in [0.3, 0.4) is 0 Å². The van der Waals surface area contributed by atoms with Gasteiger partial charge in [-0.2, -0.15) is 0 Å². The van der Waals surface area contributed by atoms with Gasteiger partial charge in [0.2, 0.25) is 0 Å². The topological polar surface area (TPSA) is 66.0 Å². The number of imidazole rings is 1. The van der Waals surface area contributed by atoms with Gasteiger partial charge in [-0.3, -0.25) is 0 Å². The van der Waals surface area contributed by atoms with Crippen LogP contribution in [0.1, 0.15) is 10.4 Å². The molecule has 0 radical (unpaired) electrons. The summed E-state index contributed by atoms with van der Waals surface area (Å²) >= 11 is 3.20. The number of nitrogens with one attached hydrogen (secondary N) is 1. The van der Waals surface area contributed by atoms with Gasteiger partial charge < -0.3 is 10.1 Å². The molecule has 0 amide bonds. The number of hydrogen-bond donors (Lipinski definition) is 2. The van der Waals surface area contributed by atoms with Crippen LogP contribution < -0.4 is 0 Å². The largest absolute Gasteiger partial charge is 0.478 e. The van der Waals surface area contributed by atoms with E-state index < -0.39 is 11.8 Å². The Kier molecular flexibility index (Phi) is 2.60. The second-order valence-corrected chi connectivity index (χ2v) is 6.53. The van der Waals surface area contributed by atoms with Gasteiger partial charge >= 0.3 is 5.97 Å². The molecular weight excluding hydrogens is 311 g/mol. The molecule has 4 aromatic rings. The van der Waals surface area contributed by atoms with E-state index in [1.807, 2.05) is 17.5 Å². The number of hydrogen-bond acceptors (Lipinski definition) is 4.